The monoisotopic (exact) mass is 345 g/mol. The molecule has 0 aliphatic carbocycles. The lowest BCUT2D eigenvalue weighted by Crippen LogP contribution is -2.17. The van der Waals surface area contributed by atoms with E-state index in [1.54, 1.807) is 29.1 Å². The average Bonchev–Trinajstić information content (AvgIpc) is 3.07. The molecule has 128 valence electrons. The molecule has 0 radical (unpaired) electrons. The van der Waals surface area contributed by atoms with Crippen molar-refractivity contribution in [2.24, 2.45) is 7.05 Å². The molecule has 0 aliphatic heterocycles. The number of aromatic amines is 1. The lowest BCUT2D eigenvalue weighted by Gasteiger charge is -2.11. The van der Waals surface area contributed by atoms with E-state index in [1.807, 2.05) is 37.4 Å². The minimum atomic E-state index is -0.359. The maximum absolute atomic E-state index is 12.9. The number of benzene rings is 2. The van der Waals surface area contributed by atoms with E-state index in [4.69, 9.17) is 0 Å². The first-order chi connectivity index (χ1) is 12.6. The highest BCUT2D eigenvalue weighted by atomic mass is 16.2. The van der Waals surface area contributed by atoms with Gasteiger partial charge in [-0.15, -0.1) is 10.2 Å². The van der Waals surface area contributed by atoms with Gasteiger partial charge in [0.2, 0.25) is 5.56 Å². The van der Waals surface area contributed by atoms with E-state index < -0.39 is 0 Å². The van der Waals surface area contributed by atoms with Gasteiger partial charge in [0.15, 0.2) is 5.82 Å². The molecule has 0 spiro atoms. The van der Waals surface area contributed by atoms with Gasteiger partial charge in [0, 0.05) is 29.6 Å². The van der Waals surface area contributed by atoms with E-state index in [0.29, 0.717) is 28.0 Å². The summed E-state index contributed by atoms with van der Waals surface area (Å²) in [6.45, 7) is 0. The summed E-state index contributed by atoms with van der Waals surface area (Å²) in [5, 5.41) is 11.6. The fourth-order valence-electron chi connectivity index (χ4n) is 2.90. The predicted octanol–water partition coefficient (Wildman–Crippen LogP) is 2.58. The molecule has 0 aliphatic rings. The summed E-state index contributed by atoms with van der Waals surface area (Å²) >= 11 is 0. The van der Waals surface area contributed by atoms with E-state index in [1.165, 1.54) is 6.07 Å². The smallest absolute Gasteiger partial charge is 0.256 e. The number of nitrogens with zero attached hydrogens (tertiary/aromatic N) is 3. The number of pyridine rings is 1. The Morgan fingerprint density at radius 2 is 1.88 bits per heavy atom. The fraction of sp³-hybridized carbons (Fsp3) is 0.0526. The Hall–Kier alpha value is -3.74. The van der Waals surface area contributed by atoms with Gasteiger partial charge in [0.25, 0.3) is 5.91 Å². The van der Waals surface area contributed by atoms with Gasteiger partial charge in [0.1, 0.15) is 6.33 Å². The van der Waals surface area contributed by atoms with Crippen LogP contribution in [0.3, 0.4) is 0 Å². The topological polar surface area (TPSA) is 92.7 Å². The lowest BCUT2D eigenvalue weighted by atomic mass is 10.1. The van der Waals surface area contributed by atoms with Crippen molar-refractivity contribution < 1.29 is 4.79 Å². The molecule has 2 N–H and O–H groups in total. The first-order valence-corrected chi connectivity index (χ1v) is 8.00. The van der Waals surface area contributed by atoms with E-state index in [2.05, 4.69) is 20.5 Å². The standard InChI is InChI=1S/C19H15N5O2/c1-24-11-20-23-18(24)13-7-3-5-9-16(13)22-19(26)14-10-17(25)21-15-8-4-2-6-12(14)15/h2-11H,1H3,(H,21,25)(H,22,26). The third kappa shape index (κ3) is 2.75. The molecular formula is C19H15N5O2. The van der Waals surface area contributed by atoms with Crippen molar-refractivity contribution in [2.45, 2.75) is 0 Å². The zero-order chi connectivity index (χ0) is 18.1. The molecular weight excluding hydrogens is 330 g/mol. The second kappa shape index (κ2) is 6.29. The van der Waals surface area contributed by atoms with Crippen LogP contribution in [-0.4, -0.2) is 25.7 Å². The highest BCUT2D eigenvalue weighted by molar-refractivity contribution is 6.13. The molecule has 4 aromatic rings. The molecule has 7 nitrogen and oxygen atoms in total. The van der Waals surface area contributed by atoms with Crippen LogP contribution in [0.1, 0.15) is 10.4 Å². The molecule has 0 unspecified atom stereocenters. The zero-order valence-corrected chi connectivity index (χ0v) is 13.9. The second-order valence-corrected chi connectivity index (χ2v) is 5.86. The number of rotatable bonds is 3. The molecule has 0 saturated heterocycles. The van der Waals surface area contributed by atoms with Crippen LogP contribution in [0.4, 0.5) is 5.69 Å². The van der Waals surface area contributed by atoms with Gasteiger partial charge < -0.3 is 14.9 Å². The van der Waals surface area contributed by atoms with Crippen molar-refractivity contribution in [1.29, 1.82) is 0 Å². The zero-order valence-electron chi connectivity index (χ0n) is 13.9. The molecule has 0 atom stereocenters. The highest BCUT2D eigenvalue weighted by Gasteiger charge is 2.15. The van der Waals surface area contributed by atoms with E-state index in [9.17, 15) is 9.59 Å². The maximum Gasteiger partial charge on any atom is 0.256 e. The van der Waals surface area contributed by atoms with E-state index in [-0.39, 0.29) is 11.5 Å². The van der Waals surface area contributed by atoms with Crippen LogP contribution in [0.2, 0.25) is 0 Å². The van der Waals surface area contributed by atoms with Crippen molar-refractivity contribution in [3.8, 4) is 11.4 Å². The minimum absolute atomic E-state index is 0.317. The number of aromatic nitrogens is 4. The third-order valence-corrected chi connectivity index (χ3v) is 4.12. The Kier molecular flexibility index (Phi) is 3.81. The number of anilines is 1. The predicted molar refractivity (Wildman–Crippen MR) is 99.0 cm³/mol. The molecule has 4 rings (SSSR count). The van der Waals surface area contributed by atoms with Crippen molar-refractivity contribution >= 4 is 22.5 Å². The van der Waals surface area contributed by atoms with E-state index >= 15 is 0 Å². The number of fused-ring (bicyclic) bond motifs is 1. The normalized spacial score (nSPS) is 10.8. The van der Waals surface area contributed by atoms with Gasteiger partial charge in [-0.05, 0) is 18.2 Å². The fourth-order valence-corrected chi connectivity index (χ4v) is 2.90. The van der Waals surface area contributed by atoms with Gasteiger partial charge in [0.05, 0.1) is 11.3 Å². The van der Waals surface area contributed by atoms with Crippen LogP contribution in [0, 0.1) is 0 Å². The highest BCUT2D eigenvalue weighted by Crippen LogP contribution is 2.26. The summed E-state index contributed by atoms with van der Waals surface area (Å²) in [6.07, 6.45) is 1.60. The van der Waals surface area contributed by atoms with Crippen LogP contribution in [0.15, 0.2) is 65.7 Å². The first-order valence-electron chi connectivity index (χ1n) is 8.00. The largest absolute Gasteiger partial charge is 0.322 e. The summed E-state index contributed by atoms with van der Waals surface area (Å²) in [7, 11) is 1.83. The van der Waals surface area contributed by atoms with E-state index in [0.717, 1.165) is 5.56 Å². The Labute approximate surface area is 148 Å². The molecule has 26 heavy (non-hydrogen) atoms. The number of para-hydroxylation sites is 2. The summed E-state index contributed by atoms with van der Waals surface area (Å²) in [5.41, 5.74) is 1.95. The lowest BCUT2D eigenvalue weighted by molar-refractivity contribution is 0.102. The molecule has 2 aromatic heterocycles. The molecule has 2 heterocycles. The quantitative estimate of drug-likeness (QED) is 0.597. The molecule has 0 bridgehead atoms. The van der Waals surface area contributed by atoms with Gasteiger partial charge in [-0.1, -0.05) is 30.3 Å². The molecule has 2 aromatic carbocycles. The summed E-state index contributed by atoms with van der Waals surface area (Å²) < 4.78 is 1.77. The van der Waals surface area contributed by atoms with Crippen molar-refractivity contribution in [1.82, 2.24) is 19.7 Å². The number of carbonyl (C=O) groups excluding carboxylic acids is 1. The van der Waals surface area contributed by atoms with Crippen LogP contribution < -0.4 is 10.9 Å². The number of amides is 1. The van der Waals surface area contributed by atoms with Crippen LogP contribution in [0.25, 0.3) is 22.3 Å². The maximum atomic E-state index is 12.9. The number of hydrogen-bond donors (Lipinski definition) is 2. The first kappa shape index (κ1) is 15.8. The second-order valence-electron chi connectivity index (χ2n) is 5.86. The SMILES string of the molecule is Cn1cnnc1-c1ccccc1NC(=O)c1cc(=O)[nH]c2ccccc12. The number of carbonyl (C=O) groups is 1. The van der Waals surface area contributed by atoms with Crippen LogP contribution >= 0.6 is 0 Å². The van der Waals surface area contributed by atoms with Gasteiger partial charge in [-0.2, -0.15) is 0 Å². The van der Waals surface area contributed by atoms with Crippen molar-refractivity contribution in [3.63, 3.8) is 0 Å². The average molecular weight is 345 g/mol. The van der Waals surface area contributed by atoms with Crippen molar-refractivity contribution in [2.75, 3.05) is 5.32 Å². The molecule has 7 heteroatoms. The van der Waals surface area contributed by atoms with Crippen LogP contribution in [-0.2, 0) is 7.05 Å². The Bertz CT molecular complexity index is 1180. The van der Waals surface area contributed by atoms with Gasteiger partial charge in [-0.25, -0.2) is 0 Å². The number of aryl methyl sites for hydroxylation is 1. The minimum Gasteiger partial charge on any atom is -0.322 e. The molecule has 1 amide bonds. The van der Waals surface area contributed by atoms with Crippen LogP contribution in [0.5, 0.6) is 0 Å². The number of hydrogen-bond acceptors (Lipinski definition) is 4. The Balaban J connectivity index is 1.77. The Morgan fingerprint density at radius 3 is 2.69 bits per heavy atom. The molecule has 0 fully saturated rings. The summed E-state index contributed by atoms with van der Waals surface area (Å²) in [5.74, 6) is 0.276. The Morgan fingerprint density at radius 1 is 1.12 bits per heavy atom. The summed E-state index contributed by atoms with van der Waals surface area (Å²) in [6, 6.07) is 15.8. The van der Waals surface area contributed by atoms with Gasteiger partial charge >= 0.3 is 0 Å². The summed E-state index contributed by atoms with van der Waals surface area (Å²) in [4.78, 5) is 27.5. The number of H-pyrrole nitrogens is 1. The molecule has 0 saturated carbocycles. The van der Waals surface area contributed by atoms with Gasteiger partial charge in [-0.3, -0.25) is 9.59 Å². The van der Waals surface area contributed by atoms with Crippen molar-refractivity contribution in [3.05, 3.63) is 76.8 Å². The third-order valence-electron chi connectivity index (χ3n) is 4.12. The number of nitrogens with one attached hydrogen (secondary N) is 2.